The molecule has 1 saturated heterocycles. The molecule has 0 saturated carbocycles. The SMILES string of the molecule is O=[N+](c1ncccn1)N1CCNCC1. The molecule has 74 valence electrons. The molecule has 0 bridgehead atoms. The van der Waals surface area contributed by atoms with E-state index in [4.69, 9.17) is 0 Å². The highest BCUT2D eigenvalue weighted by Gasteiger charge is 2.23. The molecule has 0 aromatic carbocycles. The van der Waals surface area contributed by atoms with E-state index in [1.54, 1.807) is 23.5 Å². The van der Waals surface area contributed by atoms with Crippen molar-refractivity contribution < 1.29 is 4.87 Å². The van der Waals surface area contributed by atoms with Crippen molar-refractivity contribution in [1.82, 2.24) is 20.3 Å². The van der Waals surface area contributed by atoms with Crippen LogP contribution >= 0.6 is 0 Å². The van der Waals surface area contributed by atoms with Gasteiger partial charge in [0.2, 0.25) is 0 Å². The lowest BCUT2D eigenvalue weighted by atomic mass is 10.4. The van der Waals surface area contributed by atoms with Gasteiger partial charge >= 0.3 is 5.95 Å². The molecule has 0 aliphatic carbocycles. The molecular formula is C8H12N5O+. The molecular weight excluding hydrogens is 182 g/mol. The van der Waals surface area contributed by atoms with Crippen LogP contribution in [0.4, 0.5) is 5.95 Å². The lowest BCUT2D eigenvalue weighted by Crippen LogP contribution is -2.46. The van der Waals surface area contributed by atoms with Gasteiger partial charge < -0.3 is 5.32 Å². The summed E-state index contributed by atoms with van der Waals surface area (Å²) in [6.45, 7) is 3.04. The summed E-state index contributed by atoms with van der Waals surface area (Å²) >= 11 is 0. The van der Waals surface area contributed by atoms with Crippen molar-refractivity contribution in [2.45, 2.75) is 0 Å². The van der Waals surface area contributed by atoms with Gasteiger partial charge in [-0.05, 0) is 0 Å². The first-order valence-electron chi connectivity index (χ1n) is 4.58. The zero-order valence-electron chi connectivity index (χ0n) is 7.76. The summed E-state index contributed by atoms with van der Waals surface area (Å²) in [5, 5.41) is 4.86. The van der Waals surface area contributed by atoms with Crippen LogP contribution in [-0.2, 0) is 0 Å². The summed E-state index contributed by atoms with van der Waals surface area (Å²) in [6.07, 6.45) is 3.13. The molecule has 0 radical (unpaired) electrons. The van der Waals surface area contributed by atoms with Crippen molar-refractivity contribution in [2.75, 3.05) is 26.2 Å². The zero-order chi connectivity index (χ0) is 9.80. The van der Waals surface area contributed by atoms with Crippen molar-refractivity contribution in [1.29, 1.82) is 0 Å². The fourth-order valence-electron chi connectivity index (χ4n) is 1.35. The highest BCUT2D eigenvalue weighted by Crippen LogP contribution is 2.04. The van der Waals surface area contributed by atoms with Crippen molar-refractivity contribution in [3.63, 3.8) is 0 Å². The highest BCUT2D eigenvalue weighted by molar-refractivity contribution is 5.00. The summed E-state index contributed by atoms with van der Waals surface area (Å²) < 4.78 is 0. The largest absolute Gasteiger partial charge is 0.492 e. The molecule has 0 amide bonds. The molecule has 1 aromatic rings. The fraction of sp³-hybridized carbons (Fsp3) is 0.500. The molecule has 2 heterocycles. The Morgan fingerprint density at radius 1 is 1.29 bits per heavy atom. The second kappa shape index (κ2) is 4.10. The average Bonchev–Trinajstić information content (AvgIpc) is 2.30. The molecule has 6 heteroatoms. The lowest BCUT2D eigenvalue weighted by molar-refractivity contribution is -0.648. The first-order chi connectivity index (χ1) is 6.88. The van der Waals surface area contributed by atoms with E-state index < -0.39 is 0 Å². The third-order valence-corrected chi connectivity index (χ3v) is 2.07. The minimum atomic E-state index is 0.203. The topological polar surface area (TPSA) is 61.1 Å². The molecule has 14 heavy (non-hydrogen) atoms. The maximum Gasteiger partial charge on any atom is 0.492 e. The predicted octanol–water partition coefficient (Wildman–Crippen LogP) is -0.293. The number of hydrazine groups is 1. The smallest absolute Gasteiger partial charge is 0.313 e. The van der Waals surface area contributed by atoms with E-state index in [2.05, 4.69) is 15.3 Å². The van der Waals surface area contributed by atoms with Crippen LogP contribution in [0.15, 0.2) is 18.5 Å². The van der Waals surface area contributed by atoms with E-state index in [-0.39, 0.29) is 5.95 Å². The first-order valence-corrected chi connectivity index (χ1v) is 4.58. The summed E-state index contributed by atoms with van der Waals surface area (Å²) in [7, 11) is 0. The molecule has 1 aromatic heterocycles. The zero-order valence-corrected chi connectivity index (χ0v) is 7.76. The van der Waals surface area contributed by atoms with Gasteiger partial charge in [0.15, 0.2) is 0 Å². The van der Waals surface area contributed by atoms with Gasteiger partial charge in [0.1, 0.15) is 12.4 Å². The minimum Gasteiger partial charge on any atom is -0.313 e. The van der Waals surface area contributed by atoms with E-state index in [1.807, 2.05) is 0 Å². The number of piperazine rings is 1. The van der Waals surface area contributed by atoms with Gasteiger partial charge in [-0.1, -0.05) is 14.9 Å². The Bertz CT molecular complexity index is 309. The second-order valence-electron chi connectivity index (χ2n) is 3.03. The van der Waals surface area contributed by atoms with Crippen LogP contribution in [0.5, 0.6) is 0 Å². The average molecular weight is 194 g/mol. The molecule has 0 unspecified atom stereocenters. The minimum absolute atomic E-state index is 0.203. The Balaban J connectivity index is 2.07. The monoisotopic (exact) mass is 194 g/mol. The third kappa shape index (κ3) is 1.85. The molecule has 1 fully saturated rings. The highest BCUT2D eigenvalue weighted by atomic mass is 16.3. The molecule has 0 atom stereocenters. The van der Waals surface area contributed by atoms with Crippen LogP contribution in [0, 0.1) is 4.91 Å². The van der Waals surface area contributed by atoms with Crippen LogP contribution in [0.1, 0.15) is 0 Å². The third-order valence-electron chi connectivity index (χ3n) is 2.07. The van der Waals surface area contributed by atoms with Crippen LogP contribution < -0.4 is 5.32 Å². The van der Waals surface area contributed by atoms with Crippen LogP contribution in [0.25, 0.3) is 0 Å². The first kappa shape index (κ1) is 9.01. The Hall–Kier alpha value is -1.56. The Kier molecular flexibility index (Phi) is 2.64. The van der Waals surface area contributed by atoms with E-state index in [1.165, 1.54) is 0 Å². The van der Waals surface area contributed by atoms with E-state index >= 15 is 0 Å². The van der Waals surface area contributed by atoms with E-state index in [0.29, 0.717) is 13.1 Å². The molecule has 1 aliphatic rings. The maximum absolute atomic E-state index is 11.7. The van der Waals surface area contributed by atoms with Gasteiger partial charge in [-0.3, -0.25) is 0 Å². The second-order valence-corrected chi connectivity index (χ2v) is 3.03. The predicted molar refractivity (Wildman–Crippen MR) is 49.8 cm³/mol. The van der Waals surface area contributed by atoms with Gasteiger partial charge in [0.25, 0.3) is 0 Å². The number of nitrogens with one attached hydrogen (secondary N) is 1. The normalized spacial score (nSPS) is 16.7. The quantitative estimate of drug-likeness (QED) is 0.655. The number of hydrogen-bond donors (Lipinski definition) is 1. The Morgan fingerprint density at radius 3 is 2.57 bits per heavy atom. The molecule has 1 aliphatic heterocycles. The van der Waals surface area contributed by atoms with Crippen molar-refractivity contribution in [2.24, 2.45) is 0 Å². The van der Waals surface area contributed by atoms with Crippen molar-refractivity contribution >= 4 is 5.95 Å². The van der Waals surface area contributed by atoms with E-state index in [0.717, 1.165) is 18.0 Å². The maximum atomic E-state index is 11.7. The van der Waals surface area contributed by atoms with Gasteiger partial charge in [-0.15, -0.1) is 0 Å². The summed E-state index contributed by atoms with van der Waals surface area (Å²) in [6, 6.07) is 1.69. The Morgan fingerprint density at radius 2 is 1.93 bits per heavy atom. The van der Waals surface area contributed by atoms with Crippen LogP contribution in [0.2, 0.25) is 0 Å². The number of hydrogen-bond acceptors (Lipinski definition) is 4. The summed E-state index contributed by atoms with van der Waals surface area (Å²) in [5.41, 5.74) is 0. The van der Waals surface area contributed by atoms with Gasteiger partial charge in [0, 0.05) is 19.2 Å². The standard InChI is InChI=1S/C8H12N5O/c14-13(8-10-2-1-3-11-8)12-6-4-9-5-7-12/h1-3,9H,4-7H2/q+1. The molecule has 1 N–H and O–H groups in total. The fourth-order valence-corrected chi connectivity index (χ4v) is 1.35. The lowest BCUT2D eigenvalue weighted by Gasteiger charge is -2.23. The van der Waals surface area contributed by atoms with E-state index in [9.17, 15) is 4.91 Å². The van der Waals surface area contributed by atoms with Gasteiger partial charge in [-0.2, -0.15) is 0 Å². The van der Waals surface area contributed by atoms with Crippen LogP contribution in [-0.4, -0.2) is 46.0 Å². The van der Waals surface area contributed by atoms with Gasteiger partial charge in [0.05, 0.1) is 18.0 Å². The number of nitrogens with zero attached hydrogens (tertiary/aromatic N) is 4. The van der Waals surface area contributed by atoms with Gasteiger partial charge in [-0.25, -0.2) is 5.01 Å². The molecule has 6 nitrogen and oxygen atoms in total. The van der Waals surface area contributed by atoms with Crippen LogP contribution in [0.3, 0.4) is 0 Å². The molecule has 2 rings (SSSR count). The summed E-state index contributed by atoms with van der Waals surface area (Å²) in [4.78, 5) is 20.2. The molecule has 0 spiro atoms. The number of rotatable bonds is 2. The van der Waals surface area contributed by atoms with Crippen molar-refractivity contribution in [3.05, 3.63) is 23.4 Å². The van der Waals surface area contributed by atoms with Crippen molar-refractivity contribution in [3.8, 4) is 0 Å². The number of aromatic nitrogens is 2. The number of nitroso groups, excluding NO2 is 1. The summed E-state index contributed by atoms with van der Waals surface area (Å²) in [5.74, 6) is 0.203. The Labute approximate surface area is 81.5 Å².